The molecule has 21 heavy (non-hydrogen) atoms. The van der Waals surface area contributed by atoms with Gasteiger partial charge in [0.2, 0.25) is 0 Å². The Bertz CT molecular complexity index is 572. The SMILES string of the molecule is COC(=O)c1ccc(CNC2C3C4CCC(C4)C23)cc1F. The van der Waals surface area contributed by atoms with E-state index in [0.29, 0.717) is 12.6 Å². The second kappa shape index (κ2) is 4.80. The van der Waals surface area contributed by atoms with Crippen LogP contribution in [0.1, 0.15) is 35.2 Å². The van der Waals surface area contributed by atoms with Gasteiger partial charge in [0.15, 0.2) is 0 Å². The van der Waals surface area contributed by atoms with Crippen LogP contribution in [0, 0.1) is 29.5 Å². The molecule has 0 radical (unpaired) electrons. The standard InChI is InChI=1S/C17H20FNO2/c1-21-17(20)12-5-2-9(6-13(12)18)8-19-16-14-10-3-4-11(7-10)15(14)16/h2,5-6,10-11,14-16,19H,3-4,7-8H2,1H3. The summed E-state index contributed by atoms with van der Waals surface area (Å²) in [5.41, 5.74) is 0.889. The third-order valence-corrected chi connectivity index (χ3v) is 5.72. The molecule has 1 aromatic carbocycles. The summed E-state index contributed by atoms with van der Waals surface area (Å²) in [5, 5.41) is 3.58. The molecule has 2 bridgehead atoms. The highest BCUT2D eigenvalue weighted by Crippen LogP contribution is 2.65. The van der Waals surface area contributed by atoms with Crippen LogP contribution >= 0.6 is 0 Å². The summed E-state index contributed by atoms with van der Waals surface area (Å²) in [6.45, 7) is 0.676. The van der Waals surface area contributed by atoms with E-state index in [0.717, 1.165) is 29.2 Å². The third kappa shape index (κ3) is 2.08. The first kappa shape index (κ1) is 13.3. The number of fused-ring (bicyclic) bond motifs is 5. The number of ether oxygens (including phenoxy) is 1. The number of benzene rings is 1. The van der Waals surface area contributed by atoms with Crippen LogP contribution in [0.3, 0.4) is 0 Å². The minimum absolute atomic E-state index is 0.00239. The molecule has 0 heterocycles. The summed E-state index contributed by atoms with van der Waals surface area (Å²) in [4.78, 5) is 11.4. The molecule has 4 unspecified atom stereocenters. The van der Waals surface area contributed by atoms with Gasteiger partial charge in [0.25, 0.3) is 0 Å². The molecule has 3 saturated carbocycles. The number of hydrogen-bond acceptors (Lipinski definition) is 3. The minimum atomic E-state index is -0.625. The van der Waals surface area contributed by atoms with Gasteiger partial charge >= 0.3 is 5.97 Å². The Morgan fingerprint density at radius 2 is 2.05 bits per heavy atom. The summed E-state index contributed by atoms with van der Waals surface area (Å²) < 4.78 is 18.4. The maximum atomic E-state index is 13.9. The largest absolute Gasteiger partial charge is 0.465 e. The Hall–Kier alpha value is -1.42. The lowest BCUT2D eigenvalue weighted by Crippen LogP contribution is -2.22. The molecule has 4 atom stereocenters. The van der Waals surface area contributed by atoms with Crippen LogP contribution in [0.15, 0.2) is 18.2 Å². The summed E-state index contributed by atoms with van der Waals surface area (Å²) in [6.07, 6.45) is 4.26. The van der Waals surface area contributed by atoms with E-state index in [4.69, 9.17) is 0 Å². The van der Waals surface area contributed by atoms with Gasteiger partial charge < -0.3 is 10.1 Å². The topological polar surface area (TPSA) is 38.3 Å². The highest BCUT2D eigenvalue weighted by Gasteiger charge is 2.64. The van der Waals surface area contributed by atoms with Crippen molar-refractivity contribution >= 4 is 5.97 Å². The average Bonchev–Trinajstić information content (AvgIpc) is 2.87. The van der Waals surface area contributed by atoms with Crippen LogP contribution in [0.4, 0.5) is 4.39 Å². The first-order valence-electron chi connectivity index (χ1n) is 7.79. The van der Waals surface area contributed by atoms with Gasteiger partial charge in [-0.05, 0) is 60.6 Å². The Kier molecular flexibility index (Phi) is 3.03. The fourth-order valence-electron chi connectivity index (χ4n) is 4.78. The van der Waals surface area contributed by atoms with E-state index >= 15 is 0 Å². The predicted molar refractivity (Wildman–Crippen MR) is 76.2 cm³/mol. The van der Waals surface area contributed by atoms with E-state index in [1.54, 1.807) is 6.07 Å². The zero-order valence-electron chi connectivity index (χ0n) is 12.1. The number of methoxy groups -OCH3 is 1. The van der Waals surface area contributed by atoms with Crippen LogP contribution in [0.2, 0.25) is 0 Å². The fourth-order valence-corrected chi connectivity index (χ4v) is 4.78. The molecule has 0 saturated heterocycles. The molecule has 3 nitrogen and oxygen atoms in total. The van der Waals surface area contributed by atoms with Crippen molar-refractivity contribution < 1.29 is 13.9 Å². The van der Waals surface area contributed by atoms with Crippen LogP contribution in [-0.2, 0) is 11.3 Å². The Morgan fingerprint density at radius 1 is 1.33 bits per heavy atom. The molecule has 3 aliphatic carbocycles. The predicted octanol–water partition coefficient (Wildman–Crippen LogP) is 2.75. The molecular weight excluding hydrogens is 269 g/mol. The lowest BCUT2D eigenvalue weighted by molar-refractivity contribution is 0.0595. The Morgan fingerprint density at radius 3 is 2.67 bits per heavy atom. The number of rotatable bonds is 4. The molecule has 0 aliphatic heterocycles. The van der Waals surface area contributed by atoms with Crippen molar-refractivity contribution in [3.63, 3.8) is 0 Å². The van der Waals surface area contributed by atoms with Gasteiger partial charge in [-0.1, -0.05) is 6.07 Å². The van der Waals surface area contributed by atoms with Crippen LogP contribution < -0.4 is 5.32 Å². The second-order valence-corrected chi connectivity index (χ2v) is 6.70. The molecular formula is C17H20FNO2. The molecule has 0 spiro atoms. The van der Waals surface area contributed by atoms with Gasteiger partial charge in [-0.15, -0.1) is 0 Å². The van der Waals surface area contributed by atoms with Crippen LogP contribution in [0.25, 0.3) is 0 Å². The molecule has 0 aromatic heterocycles. The Labute approximate surface area is 123 Å². The molecule has 0 amide bonds. The first-order chi connectivity index (χ1) is 10.2. The van der Waals surface area contributed by atoms with Crippen molar-refractivity contribution in [2.45, 2.75) is 31.8 Å². The minimum Gasteiger partial charge on any atom is -0.465 e. The van der Waals surface area contributed by atoms with Gasteiger partial charge in [-0.25, -0.2) is 9.18 Å². The van der Waals surface area contributed by atoms with Crippen molar-refractivity contribution in [3.8, 4) is 0 Å². The van der Waals surface area contributed by atoms with Gasteiger partial charge in [-0.2, -0.15) is 0 Å². The number of nitrogens with one attached hydrogen (secondary N) is 1. The maximum absolute atomic E-state index is 13.9. The Balaban J connectivity index is 1.38. The zero-order valence-corrected chi connectivity index (χ0v) is 12.1. The number of carbonyl (C=O) groups excluding carboxylic acids is 1. The van der Waals surface area contributed by atoms with Gasteiger partial charge in [0.05, 0.1) is 12.7 Å². The quantitative estimate of drug-likeness (QED) is 0.866. The summed E-state index contributed by atoms with van der Waals surface area (Å²) >= 11 is 0. The summed E-state index contributed by atoms with van der Waals surface area (Å²) in [6, 6.07) is 5.39. The van der Waals surface area contributed by atoms with Gasteiger partial charge in [0, 0.05) is 12.6 Å². The molecule has 112 valence electrons. The molecule has 3 fully saturated rings. The highest BCUT2D eigenvalue weighted by molar-refractivity contribution is 5.89. The maximum Gasteiger partial charge on any atom is 0.340 e. The fraction of sp³-hybridized carbons (Fsp3) is 0.588. The third-order valence-electron chi connectivity index (χ3n) is 5.72. The lowest BCUT2D eigenvalue weighted by atomic mass is 10.0. The number of carbonyl (C=O) groups is 1. The van der Waals surface area contributed by atoms with Crippen molar-refractivity contribution in [3.05, 3.63) is 35.1 Å². The van der Waals surface area contributed by atoms with E-state index in [1.807, 2.05) is 0 Å². The number of esters is 1. The molecule has 1 aromatic rings. The molecule has 3 aliphatic rings. The number of hydrogen-bond donors (Lipinski definition) is 1. The monoisotopic (exact) mass is 289 g/mol. The van der Waals surface area contributed by atoms with Crippen molar-refractivity contribution in [2.75, 3.05) is 7.11 Å². The average molecular weight is 289 g/mol. The normalized spacial score (nSPS) is 35.6. The summed E-state index contributed by atoms with van der Waals surface area (Å²) in [5.74, 6) is 2.51. The van der Waals surface area contributed by atoms with E-state index in [-0.39, 0.29) is 5.56 Å². The highest BCUT2D eigenvalue weighted by atomic mass is 19.1. The van der Waals surface area contributed by atoms with Gasteiger partial charge in [0.1, 0.15) is 5.82 Å². The number of halogens is 1. The van der Waals surface area contributed by atoms with E-state index < -0.39 is 11.8 Å². The lowest BCUT2D eigenvalue weighted by Gasteiger charge is -2.11. The van der Waals surface area contributed by atoms with E-state index in [2.05, 4.69) is 10.1 Å². The van der Waals surface area contributed by atoms with Crippen LogP contribution in [0.5, 0.6) is 0 Å². The van der Waals surface area contributed by atoms with Gasteiger partial charge in [-0.3, -0.25) is 0 Å². The van der Waals surface area contributed by atoms with E-state index in [9.17, 15) is 9.18 Å². The first-order valence-corrected chi connectivity index (χ1v) is 7.79. The smallest absolute Gasteiger partial charge is 0.340 e. The van der Waals surface area contributed by atoms with E-state index in [1.165, 1.54) is 38.5 Å². The molecule has 4 rings (SSSR count). The van der Waals surface area contributed by atoms with Crippen molar-refractivity contribution in [1.29, 1.82) is 0 Å². The summed E-state index contributed by atoms with van der Waals surface area (Å²) in [7, 11) is 1.26. The second-order valence-electron chi connectivity index (χ2n) is 6.70. The van der Waals surface area contributed by atoms with Crippen molar-refractivity contribution in [1.82, 2.24) is 5.32 Å². The van der Waals surface area contributed by atoms with Crippen molar-refractivity contribution in [2.24, 2.45) is 23.7 Å². The zero-order chi connectivity index (χ0) is 14.6. The van der Waals surface area contributed by atoms with Crippen LogP contribution in [-0.4, -0.2) is 19.1 Å². The molecule has 1 N–H and O–H groups in total. The molecule has 4 heteroatoms.